The third-order valence-corrected chi connectivity index (χ3v) is 6.34. The van der Waals surface area contributed by atoms with Crippen LogP contribution < -0.4 is 0 Å². The van der Waals surface area contributed by atoms with Crippen molar-refractivity contribution in [3.05, 3.63) is 89.8 Å². The van der Waals surface area contributed by atoms with Crippen molar-refractivity contribution in [2.75, 3.05) is 0 Å². The average molecular weight is 594 g/mol. The Morgan fingerprint density at radius 1 is 0.742 bits per heavy atom. The molecule has 0 bridgehead atoms. The summed E-state index contributed by atoms with van der Waals surface area (Å²) in [5.74, 6) is 0. The maximum atomic E-state index is 4.74. The van der Waals surface area contributed by atoms with Gasteiger partial charge in [0.15, 0.2) is 0 Å². The molecule has 0 N–H and O–H groups in total. The van der Waals surface area contributed by atoms with Crippen LogP contribution in [-0.2, 0) is 65.4 Å². The molecule has 0 aliphatic heterocycles. The molecule has 5 rings (SSSR count). The van der Waals surface area contributed by atoms with Gasteiger partial charge in [0.05, 0.1) is 10.2 Å². The fourth-order valence-corrected chi connectivity index (χ4v) is 5.27. The first-order valence-electron chi connectivity index (χ1n) is 9.18. The van der Waals surface area contributed by atoms with Gasteiger partial charge in [0.25, 0.3) is 0 Å². The molecule has 0 spiro atoms. The van der Waals surface area contributed by atoms with Crippen molar-refractivity contribution >= 4 is 43.1 Å². The van der Waals surface area contributed by atoms with E-state index >= 15 is 0 Å². The van der Waals surface area contributed by atoms with E-state index in [1.807, 2.05) is 6.07 Å². The summed E-state index contributed by atoms with van der Waals surface area (Å²) in [4.78, 5) is 8.90. The zero-order chi connectivity index (χ0) is 19.7. The molecule has 2 nitrogen and oxygen atoms in total. The van der Waals surface area contributed by atoms with Crippen LogP contribution in [0.4, 0.5) is 0 Å². The maximum absolute atomic E-state index is 4.74. The fraction of sp³-hybridized carbons (Fsp3) is 0.160. The van der Waals surface area contributed by atoms with E-state index in [1.165, 1.54) is 37.2 Å². The van der Waals surface area contributed by atoms with Gasteiger partial charge in [-0.25, -0.2) is 4.98 Å². The summed E-state index contributed by atoms with van der Waals surface area (Å²) >= 11 is 3.35. The van der Waals surface area contributed by atoms with Crippen LogP contribution >= 0.6 is 22.7 Å². The van der Waals surface area contributed by atoms with Gasteiger partial charge < -0.3 is 12.4 Å². The van der Waals surface area contributed by atoms with E-state index in [4.69, 9.17) is 4.98 Å². The standard InChI is InChI=1S/C15H13NS.C9H8NS.CH3.2Y/c1-10-8-11(2)14-13(9-10)17-15(16-14)12-6-4-3-5-7-12;1-6-3-7(2)9-8(4-6)11-5-10-9;;;/h3-9H,1-2H3;3-4H,1-2H3;1H3;;/q;2*-1;;. The van der Waals surface area contributed by atoms with Gasteiger partial charge in [-0.2, -0.15) is 0 Å². The number of thiazole rings is 2. The van der Waals surface area contributed by atoms with Gasteiger partial charge in [0.2, 0.25) is 0 Å². The minimum Gasteiger partial charge on any atom is -0.386 e. The van der Waals surface area contributed by atoms with Gasteiger partial charge in [-0.15, -0.1) is 17.4 Å². The Labute approximate surface area is 243 Å². The van der Waals surface area contributed by atoms with Crippen LogP contribution in [0.25, 0.3) is 31.0 Å². The molecule has 5 aromatic rings. The minimum absolute atomic E-state index is 0. The maximum Gasteiger partial charge on any atom is 0.124 e. The largest absolute Gasteiger partial charge is 0.386 e. The number of benzene rings is 3. The van der Waals surface area contributed by atoms with E-state index < -0.39 is 0 Å². The van der Waals surface area contributed by atoms with E-state index in [0.717, 1.165) is 16.0 Å². The van der Waals surface area contributed by atoms with E-state index in [0.29, 0.717) is 0 Å². The number of aryl methyl sites for hydroxylation is 4. The third-order valence-electron chi connectivity index (χ3n) is 4.57. The number of nitrogens with zero attached hydrogens (tertiary/aromatic N) is 2. The van der Waals surface area contributed by atoms with Gasteiger partial charge in [0.1, 0.15) is 5.01 Å². The fourth-order valence-electron chi connectivity index (χ4n) is 3.33. The SMILES string of the molecule is Cc1cc(C)c2n[c-]sc2c1.Cc1cc(C)c2nc(-c3ccccc3)sc2c1.[CH3-].[Y].[Y]. The molecule has 0 unspecified atom stereocenters. The third kappa shape index (κ3) is 6.82. The second-order valence-electron chi connectivity index (χ2n) is 7.05. The molecule has 0 atom stereocenters. The molecule has 0 saturated heterocycles. The van der Waals surface area contributed by atoms with Gasteiger partial charge >= 0.3 is 0 Å². The van der Waals surface area contributed by atoms with Crippen molar-refractivity contribution in [2.45, 2.75) is 27.7 Å². The van der Waals surface area contributed by atoms with Crippen molar-refractivity contribution in [3.63, 3.8) is 0 Å². The molecule has 2 heterocycles. The van der Waals surface area contributed by atoms with E-state index in [1.54, 1.807) is 22.7 Å². The molecule has 0 amide bonds. The smallest absolute Gasteiger partial charge is 0.124 e. The Balaban J connectivity index is 0.000000303. The number of rotatable bonds is 1. The summed E-state index contributed by atoms with van der Waals surface area (Å²) in [5, 5.41) is 1.11. The summed E-state index contributed by atoms with van der Waals surface area (Å²) < 4.78 is 2.52. The molecule has 31 heavy (non-hydrogen) atoms. The van der Waals surface area contributed by atoms with Crippen LogP contribution in [0.5, 0.6) is 0 Å². The predicted molar refractivity (Wildman–Crippen MR) is 129 cm³/mol. The summed E-state index contributed by atoms with van der Waals surface area (Å²) in [7, 11) is 0. The number of aromatic nitrogens is 2. The molecular weight excluding hydrogens is 570 g/mol. The van der Waals surface area contributed by atoms with Gasteiger partial charge in [-0.05, 0) is 43.5 Å². The van der Waals surface area contributed by atoms with Crippen molar-refractivity contribution in [2.24, 2.45) is 0 Å². The topological polar surface area (TPSA) is 25.8 Å². The van der Waals surface area contributed by atoms with Crippen molar-refractivity contribution in [1.82, 2.24) is 9.97 Å². The van der Waals surface area contributed by atoms with Crippen LogP contribution in [0, 0.1) is 40.6 Å². The minimum atomic E-state index is 0. The molecule has 6 heteroatoms. The summed E-state index contributed by atoms with van der Waals surface area (Å²) in [6, 6.07) is 19.1. The Morgan fingerprint density at radius 2 is 1.32 bits per heavy atom. The number of hydrogen-bond acceptors (Lipinski definition) is 4. The first kappa shape index (κ1) is 28.7. The predicted octanol–water partition coefficient (Wildman–Crippen LogP) is 7.74. The summed E-state index contributed by atoms with van der Waals surface area (Å²) in [5.41, 5.74) is 11.4. The molecule has 2 aromatic heterocycles. The van der Waals surface area contributed by atoms with Crippen molar-refractivity contribution in [3.8, 4) is 10.6 Å². The van der Waals surface area contributed by atoms with Crippen molar-refractivity contribution in [1.29, 1.82) is 0 Å². The summed E-state index contributed by atoms with van der Waals surface area (Å²) in [6.45, 7) is 8.45. The second kappa shape index (κ2) is 12.8. The zero-order valence-electron chi connectivity index (χ0n) is 18.6. The Morgan fingerprint density at radius 3 is 1.97 bits per heavy atom. The average Bonchev–Trinajstić information content (AvgIpc) is 3.30. The Hall–Kier alpha value is -0.352. The van der Waals surface area contributed by atoms with E-state index in [-0.39, 0.29) is 72.8 Å². The molecule has 0 saturated carbocycles. The van der Waals surface area contributed by atoms with Crippen molar-refractivity contribution < 1.29 is 65.4 Å². The molecule has 2 radical (unpaired) electrons. The summed E-state index contributed by atoms with van der Waals surface area (Å²) in [6.07, 6.45) is 0. The Bertz CT molecular complexity index is 1260. The molecule has 0 aliphatic carbocycles. The number of fused-ring (bicyclic) bond motifs is 2. The van der Waals surface area contributed by atoms with E-state index in [2.05, 4.69) is 86.7 Å². The van der Waals surface area contributed by atoms with Gasteiger partial charge in [0, 0.05) is 71.0 Å². The second-order valence-corrected chi connectivity index (χ2v) is 8.90. The molecule has 154 valence electrons. The molecule has 0 fully saturated rings. The van der Waals surface area contributed by atoms with Crippen LogP contribution in [0.3, 0.4) is 0 Å². The Kier molecular flexibility index (Phi) is 11.8. The quantitative estimate of drug-likeness (QED) is 0.186. The zero-order valence-corrected chi connectivity index (χ0v) is 25.9. The van der Waals surface area contributed by atoms with Crippen LogP contribution in [0.2, 0.25) is 0 Å². The monoisotopic (exact) mass is 594 g/mol. The van der Waals surface area contributed by atoms with Crippen LogP contribution in [0.15, 0.2) is 54.6 Å². The normalized spacial score (nSPS) is 9.81. The first-order valence-corrected chi connectivity index (χ1v) is 10.8. The van der Waals surface area contributed by atoms with Gasteiger partial charge in [-0.3, -0.25) is 11.3 Å². The molecular formula is C25H24N2S2Y2-2. The first-order chi connectivity index (χ1) is 13.5. The van der Waals surface area contributed by atoms with Gasteiger partial charge in [-0.1, -0.05) is 70.7 Å². The van der Waals surface area contributed by atoms with E-state index in [9.17, 15) is 0 Å². The van der Waals surface area contributed by atoms with Crippen LogP contribution in [0.1, 0.15) is 22.3 Å². The number of hydrogen-bond donors (Lipinski definition) is 0. The molecule has 3 aromatic carbocycles. The molecule has 0 aliphatic rings. The van der Waals surface area contributed by atoms with Crippen LogP contribution in [-0.4, -0.2) is 9.97 Å².